The van der Waals surface area contributed by atoms with Crippen LogP contribution >= 0.6 is 34.4 Å². The highest BCUT2D eigenvalue weighted by Crippen LogP contribution is 2.22. The molecule has 2 N–H and O–H groups in total. The molecular formula is C22H20N4O3S3. The molecule has 0 fully saturated rings. The van der Waals surface area contributed by atoms with Crippen LogP contribution in [0, 0.1) is 0 Å². The topological polar surface area (TPSA) is 93.1 Å². The van der Waals surface area contributed by atoms with E-state index >= 15 is 0 Å². The summed E-state index contributed by atoms with van der Waals surface area (Å²) in [7, 11) is 0. The normalized spacial score (nSPS) is 10.9. The van der Waals surface area contributed by atoms with E-state index in [1.165, 1.54) is 34.9 Å². The van der Waals surface area contributed by atoms with Gasteiger partial charge in [-0.3, -0.25) is 19.0 Å². The molecule has 0 aliphatic carbocycles. The SMILES string of the molecule is CC(=O)Nc1ccc(NC(=O)CSc2nc3ccsc3c(=O)n2CCc2cccs2)cc1. The van der Waals surface area contributed by atoms with E-state index in [0.717, 1.165) is 6.42 Å². The van der Waals surface area contributed by atoms with Crippen LogP contribution in [0.15, 0.2) is 63.2 Å². The summed E-state index contributed by atoms with van der Waals surface area (Å²) < 4.78 is 2.29. The highest BCUT2D eigenvalue weighted by Gasteiger charge is 2.15. The molecule has 0 aliphatic rings. The number of nitrogens with one attached hydrogen (secondary N) is 2. The minimum Gasteiger partial charge on any atom is -0.326 e. The number of thiophene rings is 2. The predicted molar refractivity (Wildman–Crippen MR) is 132 cm³/mol. The average molecular weight is 485 g/mol. The van der Waals surface area contributed by atoms with Crippen LogP contribution in [-0.2, 0) is 22.6 Å². The molecule has 7 nitrogen and oxygen atoms in total. The molecule has 0 radical (unpaired) electrons. The highest BCUT2D eigenvalue weighted by molar-refractivity contribution is 7.99. The summed E-state index contributed by atoms with van der Waals surface area (Å²) in [5.41, 5.74) is 1.87. The van der Waals surface area contributed by atoms with Crippen molar-refractivity contribution in [1.29, 1.82) is 0 Å². The molecule has 3 heterocycles. The zero-order valence-corrected chi connectivity index (χ0v) is 19.6. The number of aromatic nitrogens is 2. The molecule has 0 aliphatic heterocycles. The zero-order chi connectivity index (χ0) is 22.5. The van der Waals surface area contributed by atoms with E-state index in [-0.39, 0.29) is 23.1 Å². The van der Waals surface area contributed by atoms with Gasteiger partial charge >= 0.3 is 0 Å². The van der Waals surface area contributed by atoms with Gasteiger partial charge in [-0.15, -0.1) is 22.7 Å². The number of rotatable bonds is 8. The second-order valence-electron chi connectivity index (χ2n) is 6.91. The number of fused-ring (bicyclic) bond motifs is 1. The predicted octanol–water partition coefficient (Wildman–Crippen LogP) is 4.45. The van der Waals surface area contributed by atoms with Crippen LogP contribution in [0.5, 0.6) is 0 Å². The van der Waals surface area contributed by atoms with Crippen LogP contribution in [0.2, 0.25) is 0 Å². The van der Waals surface area contributed by atoms with Crippen LogP contribution in [0.25, 0.3) is 10.2 Å². The van der Waals surface area contributed by atoms with Crippen LogP contribution in [-0.4, -0.2) is 27.1 Å². The van der Waals surface area contributed by atoms with Crippen molar-refractivity contribution in [2.75, 3.05) is 16.4 Å². The van der Waals surface area contributed by atoms with Gasteiger partial charge in [-0.1, -0.05) is 17.8 Å². The summed E-state index contributed by atoms with van der Waals surface area (Å²) in [5, 5.41) is 9.92. The molecule has 0 saturated carbocycles. The summed E-state index contributed by atoms with van der Waals surface area (Å²) in [6, 6.07) is 12.8. The lowest BCUT2D eigenvalue weighted by Crippen LogP contribution is -2.24. The van der Waals surface area contributed by atoms with Gasteiger partial charge in [-0.2, -0.15) is 0 Å². The zero-order valence-electron chi connectivity index (χ0n) is 17.2. The summed E-state index contributed by atoms with van der Waals surface area (Å²) >= 11 is 4.28. The van der Waals surface area contributed by atoms with Gasteiger partial charge in [-0.05, 0) is 53.6 Å². The Labute approximate surface area is 196 Å². The molecule has 32 heavy (non-hydrogen) atoms. The van der Waals surface area contributed by atoms with E-state index in [0.29, 0.717) is 33.3 Å². The van der Waals surface area contributed by atoms with Crippen molar-refractivity contribution in [3.63, 3.8) is 0 Å². The first kappa shape index (κ1) is 22.3. The number of hydrogen-bond donors (Lipinski definition) is 2. The fraction of sp³-hybridized carbons (Fsp3) is 0.182. The van der Waals surface area contributed by atoms with Gasteiger partial charge in [0.25, 0.3) is 5.56 Å². The van der Waals surface area contributed by atoms with Crippen molar-refractivity contribution in [2.24, 2.45) is 0 Å². The lowest BCUT2D eigenvalue weighted by atomic mass is 10.3. The second-order valence-corrected chi connectivity index (χ2v) is 9.80. The van der Waals surface area contributed by atoms with Gasteiger partial charge in [0.2, 0.25) is 11.8 Å². The largest absolute Gasteiger partial charge is 0.326 e. The molecule has 10 heteroatoms. The molecule has 0 bridgehead atoms. The first-order valence-corrected chi connectivity index (χ1v) is 12.5. The molecule has 2 amide bonds. The Morgan fingerprint density at radius 3 is 2.47 bits per heavy atom. The minimum absolute atomic E-state index is 0.0713. The van der Waals surface area contributed by atoms with E-state index in [1.807, 2.05) is 29.0 Å². The average Bonchev–Trinajstić information content (AvgIpc) is 3.45. The maximum Gasteiger partial charge on any atom is 0.272 e. The van der Waals surface area contributed by atoms with Crippen molar-refractivity contribution >= 4 is 67.8 Å². The van der Waals surface area contributed by atoms with Crippen molar-refractivity contribution in [2.45, 2.75) is 25.0 Å². The van der Waals surface area contributed by atoms with E-state index in [4.69, 9.17) is 0 Å². The lowest BCUT2D eigenvalue weighted by Gasteiger charge is -2.12. The Morgan fingerprint density at radius 1 is 1.03 bits per heavy atom. The number of hydrogen-bond acceptors (Lipinski definition) is 7. The van der Waals surface area contributed by atoms with Gasteiger partial charge in [-0.25, -0.2) is 4.98 Å². The number of carbonyl (C=O) groups excluding carboxylic acids is 2. The fourth-order valence-corrected chi connectivity index (χ4v) is 5.38. The Balaban J connectivity index is 1.45. The van der Waals surface area contributed by atoms with Crippen molar-refractivity contribution < 1.29 is 9.59 Å². The molecule has 3 aromatic heterocycles. The van der Waals surface area contributed by atoms with E-state index in [1.54, 1.807) is 40.2 Å². The lowest BCUT2D eigenvalue weighted by molar-refractivity contribution is -0.114. The quantitative estimate of drug-likeness (QED) is 0.285. The third-order valence-electron chi connectivity index (χ3n) is 4.51. The van der Waals surface area contributed by atoms with Crippen LogP contribution in [0.4, 0.5) is 11.4 Å². The standard InChI is InChI=1S/C22H20N4O3S3/c1-14(27)23-15-4-6-16(7-5-15)24-19(28)13-32-22-25-18-9-12-31-20(18)21(29)26(22)10-8-17-3-2-11-30-17/h2-7,9,11-12H,8,10,13H2,1H3,(H,23,27)(H,24,28). The number of anilines is 2. The Morgan fingerprint density at radius 2 is 1.78 bits per heavy atom. The highest BCUT2D eigenvalue weighted by atomic mass is 32.2. The molecule has 0 atom stereocenters. The Hall–Kier alpha value is -2.95. The molecule has 0 spiro atoms. The first-order chi connectivity index (χ1) is 15.5. The monoisotopic (exact) mass is 484 g/mol. The molecule has 0 unspecified atom stereocenters. The summed E-state index contributed by atoms with van der Waals surface area (Å²) in [5.74, 6) is -0.237. The fourth-order valence-electron chi connectivity index (χ4n) is 3.07. The van der Waals surface area contributed by atoms with Crippen LogP contribution in [0.1, 0.15) is 11.8 Å². The van der Waals surface area contributed by atoms with Crippen LogP contribution in [0.3, 0.4) is 0 Å². The van der Waals surface area contributed by atoms with Gasteiger partial charge in [0.15, 0.2) is 5.16 Å². The molecule has 4 aromatic rings. The molecular weight excluding hydrogens is 464 g/mol. The maximum absolute atomic E-state index is 13.0. The Bertz CT molecular complexity index is 1290. The third kappa shape index (κ3) is 5.45. The molecule has 0 saturated heterocycles. The first-order valence-electron chi connectivity index (χ1n) is 9.80. The minimum atomic E-state index is -0.202. The second kappa shape index (κ2) is 10.1. The van der Waals surface area contributed by atoms with Crippen LogP contribution < -0.4 is 16.2 Å². The number of thioether (sulfide) groups is 1. The number of nitrogens with zero attached hydrogens (tertiary/aromatic N) is 2. The number of carbonyl (C=O) groups is 2. The van der Waals surface area contributed by atoms with Gasteiger partial charge < -0.3 is 10.6 Å². The number of amides is 2. The molecule has 1 aromatic carbocycles. The summed E-state index contributed by atoms with van der Waals surface area (Å²) in [6.45, 7) is 1.95. The van der Waals surface area contributed by atoms with E-state index in [2.05, 4.69) is 15.6 Å². The van der Waals surface area contributed by atoms with E-state index < -0.39 is 0 Å². The van der Waals surface area contributed by atoms with Crippen molar-refractivity contribution in [3.05, 3.63) is 68.5 Å². The van der Waals surface area contributed by atoms with Crippen molar-refractivity contribution in [1.82, 2.24) is 9.55 Å². The Kier molecular flexibility index (Phi) is 7.03. The number of benzene rings is 1. The van der Waals surface area contributed by atoms with Gasteiger partial charge in [0, 0.05) is 29.7 Å². The third-order valence-corrected chi connectivity index (χ3v) is 7.32. The van der Waals surface area contributed by atoms with Gasteiger partial charge in [0.1, 0.15) is 4.70 Å². The maximum atomic E-state index is 13.0. The van der Waals surface area contributed by atoms with Crippen molar-refractivity contribution in [3.8, 4) is 0 Å². The smallest absolute Gasteiger partial charge is 0.272 e. The summed E-state index contributed by atoms with van der Waals surface area (Å²) in [4.78, 5) is 42.4. The van der Waals surface area contributed by atoms with Gasteiger partial charge in [0.05, 0.1) is 11.3 Å². The molecule has 164 valence electrons. The summed E-state index contributed by atoms with van der Waals surface area (Å²) in [6.07, 6.45) is 0.733. The number of aryl methyl sites for hydroxylation is 1. The molecule has 4 rings (SSSR count). The van der Waals surface area contributed by atoms with E-state index in [9.17, 15) is 14.4 Å².